The van der Waals surface area contributed by atoms with E-state index in [1.165, 1.54) is 6.07 Å². The Morgan fingerprint density at radius 2 is 1.79 bits per heavy atom. The van der Waals surface area contributed by atoms with Crippen molar-refractivity contribution in [3.8, 4) is 5.75 Å². The molecule has 0 fully saturated rings. The van der Waals surface area contributed by atoms with Crippen molar-refractivity contribution in [2.45, 2.75) is 6.61 Å². The Kier molecular flexibility index (Phi) is 4.89. The summed E-state index contributed by atoms with van der Waals surface area (Å²) in [5, 5.41) is 14.9. The maximum atomic E-state index is 11.6. The minimum Gasteiger partial charge on any atom is -0.488 e. The molecule has 0 aliphatic carbocycles. The summed E-state index contributed by atoms with van der Waals surface area (Å²) < 4.78 is 5.93. The first-order valence-electron chi connectivity index (χ1n) is 8.85. The first kappa shape index (κ1) is 17.5. The summed E-state index contributed by atoms with van der Waals surface area (Å²) in [6.45, 7) is 0.272. The van der Waals surface area contributed by atoms with Crippen molar-refractivity contribution in [3.05, 3.63) is 96.2 Å². The second kappa shape index (κ2) is 7.80. The lowest BCUT2D eigenvalue weighted by Crippen LogP contribution is -2.05. The molecule has 138 valence electrons. The fourth-order valence-electron chi connectivity index (χ4n) is 3.05. The molecule has 5 heteroatoms. The second-order valence-corrected chi connectivity index (χ2v) is 6.28. The van der Waals surface area contributed by atoms with Crippen LogP contribution in [0.2, 0.25) is 0 Å². The molecule has 4 aromatic rings. The van der Waals surface area contributed by atoms with Crippen LogP contribution in [0.1, 0.15) is 15.9 Å². The number of fused-ring (bicyclic) bond motifs is 1. The highest BCUT2D eigenvalue weighted by molar-refractivity contribution is 5.92. The Balaban J connectivity index is 1.61. The van der Waals surface area contributed by atoms with Crippen molar-refractivity contribution in [3.63, 3.8) is 0 Å². The first-order valence-corrected chi connectivity index (χ1v) is 8.85. The number of nitrogens with one attached hydrogen (secondary N) is 1. The molecular weight excluding hydrogens is 352 g/mol. The van der Waals surface area contributed by atoms with Crippen molar-refractivity contribution >= 4 is 28.2 Å². The minimum absolute atomic E-state index is 0.117. The van der Waals surface area contributed by atoms with E-state index in [-0.39, 0.29) is 12.2 Å². The molecule has 1 heterocycles. The maximum absolute atomic E-state index is 11.6. The highest BCUT2D eigenvalue weighted by Gasteiger charge is 2.13. The van der Waals surface area contributed by atoms with Gasteiger partial charge in [-0.15, -0.1) is 0 Å². The summed E-state index contributed by atoms with van der Waals surface area (Å²) in [6, 6.07) is 24.5. The number of hydrogen-bond donors (Lipinski definition) is 2. The number of ether oxygens (including phenoxy) is 1. The van der Waals surface area contributed by atoms with Gasteiger partial charge >= 0.3 is 5.97 Å². The van der Waals surface area contributed by atoms with E-state index in [4.69, 9.17) is 4.74 Å². The number of benzene rings is 3. The van der Waals surface area contributed by atoms with E-state index in [1.54, 1.807) is 18.3 Å². The van der Waals surface area contributed by atoms with Crippen molar-refractivity contribution in [1.29, 1.82) is 0 Å². The van der Waals surface area contributed by atoms with Gasteiger partial charge in [-0.2, -0.15) is 0 Å². The highest BCUT2D eigenvalue weighted by atomic mass is 16.5. The lowest BCUT2D eigenvalue weighted by atomic mass is 10.1. The number of hydrogen-bond acceptors (Lipinski definition) is 4. The standard InChI is InChI=1S/C23H18N2O3/c26-23(27)20-12-11-18(25-22-10-3-4-13-24-22)14-21(20)28-15-17-8-5-7-16-6-1-2-9-19(16)17/h1-14H,15H2,(H,24,25)(H,26,27). The van der Waals surface area contributed by atoms with Crippen LogP contribution in [0.4, 0.5) is 11.5 Å². The number of carboxylic acids is 1. The van der Waals surface area contributed by atoms with Gasteiger partial charge in [0.15, 0.2) is 0 Å². The molecule has 0 unspecified atom stereocenters. The second-order valence-electron chi connectivity index (χ2n) is 6.28. The first-order chi connectivity index (χ1) is 13.7. The van der Waals surface area contributed by atoms with Gasteiger partial charge < -0.3 is 15.2 Å². The summed E-state index contributed by atoms with van der Waals surface area (Å²) in [4.78, 5) is 15.8. The number of nitrogens with zero attached hydrogens (tertiary/aromatic N) is 1. The van der Waals surface area contributed by atoms with Crippen LogP contribution in [0.5, 0.6) is 5.75 Å². The van der Waals surface area contributed by atoms with Gasteiger partial charge in [0, 0.05) is 18.0 Å². The van der Waals surface area contributed by atoms with E-state index >= 15 is 0 Å². The van der Waals surface area contributed by atoms with Crippen molar-refractivity contribution < 1.29 is 14.6 Å². The molecule has 0 spiro atoms. The van der Waals surface area contributed by atoms with Crippen LogP contribution >= 0.6 is 0 Å². The van der Waals surface area contributed by atoms with Crippen LogP contribution in [0.3, 0.4) is 0 Å². The van der Waals surface area contributed by atoms with Crippen molar-refractivity contribution in [2.75, 3.05) is 5.32 Å². The number of aromatic nitrogens is 1. The van der Waals surface area contributed by atoms with Gasteiger partial charge in [0.05, 0.1) is 0 Å². The Bertz CT molecular complexity index is 1120. The third kappa shape index (κ3) is 3.78. The Morgan fingerprint density at radius 1 is 0.964 bits per heavy atom. The average molecular weight is 370 g/mol. The van der Waals surface area contributed by atoms with Crippen molar-refractivity contribution in [2.24, 2.45) is 0 Å². The zero-order chi connectivity index (χ0) is 19.3. The lowest BCUT2D eigenvalue weighted by molar-refractivity contribution is 0.0692. The van der Waals surface area contributed by atoms with Gasteiger partial charge in [0.2, 0.25) is 0 Å². The van der Waals surface area contributed by atoms with Crippen LogP contribution in [-0.2, 0) is 6.61 Å². The van der Waals surface area contributed by atoms with E-state index in [0.29, 0.717) is 17.3 Å². The SMILES string of the molecule is O=C(O)c1ccc(Nc2ccccn2)cc1OCc1cccc2ccccc12. The van der Waals surface area contributed by atoms with Gasteiger partial charge in [-0.1, -0.05) is 48.5 Å². The smallest absolute Gasteiger partial charge is 0.339 e. The Labute approximate surface area is 162 Å². The van der Waals surface area contributed by atoms with Gasteiger partial charge in [-0.3, -0.25) is 0 Å². The molecule has 0 aliphatic heterocycles. The molecule has 5 nitrogen and oxygen atoms in total. The molecule has 0 radical (unpaired) electrons. The van der Waals surface area contributed by atoms with Gasteiger partial charge in [0.1, 0.15) is 23.7 Å². The average Bonchev–Trinajstić information content (AvgIpc) is 2.73. The minimum atomic E-state index is -1.03. The summed E-state index contributed by atoms with van der Waals surface area (Å²) >= 11 is 0. The summed E-state index contributed by atoms with van der Waals surface area (Å²) in [5.74, 6) is -0.0516. The molecule has 1 aromatic heterocycles. The molecular formula is C23H18N2O3. The maximum Gasteiger partial charge on any atom is 0.339 e. The molecule has 0 saturated heterocycles. The van der Waals surface area contributed by atoms with E-state index < -0.39 is 5.97 Å². The van der Waals surface area contributed by atoms with E-state index in [9.17, 15) is 9.90 Å². The molecule has 4 rings (SSSR count). The monoisotopic (exact) mass is 370 g/mol. The van der Waals surface area contributed by atoms with Crippen molar-refractivity contribution in [1.82, 2.24) is 4.98 Å². The number of rotatable bonds is 6. The van der Waals surface area contributed by atoms with Gasteiger partial charge in [-0.05, 0) is 40.6 Å². The third-order valence-corrected chi connectivity index (χ3v) is 4.41. The summed E-state index contributed by atoms with van der Waals surface area (Å²) in [5.41, 5.74) is 1.82. The van der Waals surface area contributed by atoms with Crippen LogP contribution < -0.4 is 10.1 Å². The highest BCUT2D eigenvalue weighted by Crippen LogP contribution is 2.27. The predicted octanol–water partition coefficient (Wildman–Crippen LogP) is 5.26. The van der Waals surface area contributed by atoms with Crippen LogP contribution in [0.25, 0.3) is 10.8 Å². The molecule has 0 aliphatic rings. The van der Waals surface area contributed by atoms with Gasteiger partial charge in [0.25, 0.3) is 0 Å². The van der Waals surface area contributed by atoms with Crippen LogP contribution in [0.15, 0.2) is 85.1 Å². The largest absolute Gasteiger partial charge is 0.488 e. The third-order valence-electron chi connectivity index (χ3n) is 4.41. The summed E-state index contributed by atoms with van der Waals surface area (Å²) in [6.07, 6.45) is 1.69. The number of anilines is 2. The van der Waals surface area contributed by atoms with Crippen LogP contribution in [0, 0.1) is 0 Å². The molecule has 2 N–H and O–H groups in total. The Hall–Kier alpha value is -3.86. The van der Waals surface area contributed by atoms with E-state index in [2.05, 4.69) is 10.3 Å². The fraction of sp³-hybridized carbons (Fsp3) is 0.0435. The zero-order valence-electron chi connectivity index (χ0n) is 15.0. The molecule has 0 amide bonds. The fourth-order valence-corrected chi connectivity index (χ4v) is 3.05. The summed E-state index contributed by atoms with van der Waals surface area (Å²) in [7, 11) is 0. The number of pyridine rings is 1. The lowest BCUT2D eigenvalue weighted by Gasteiger charge is -2.13. The number of carboxylic acid groups (broad SMARTS) is 1. The van der Waals surface area contributed by atoms with Gasteiger partial charge in [-0.25, -0.2) is 9.78 Å². The molecule has 0 saturated carbocycles. The molecule has 28 heavy (non-hydrogen) atoms. The normalized spacial score (nSPS) is 10.6. The molecule has 3 aromatic carbocycles. The zero-order valence-corrected chi connectivity index (χ0v) is 15.0. The molecule has 0 atom stereocenters. The molecule has 0 bridgehead atoms. The van der Waals surface area contributed by atoms with Crippen LogP contribution in [-0.4, -0.2) is 16.1 Å². The quantitative estimate of drug-likeness (QED) is 0.485. The Morgan fingerprint density at radius 3 is 2.61 bits per heavy atom. The topological polar surface area (TPSA) is 71.5 Å². The van der Waals surface area contributed by atoms with E-state index in [0.717, 1.165) is 16.3 Å². The number of carbonyl (C=O) groups is 1. The number of aromatic carboxylic acids is 1. The van der Waals surface area contributed by atoms with E-state index in [1.807, 2.05) is 60.7 Å². The predicted molar refractivity (Wildman–Crippen MR) is 109 cm³/mol.